The third kappa shape index (κ3) is 3.92. The van der Waals surface area contributed by atoms with Crippen LogP contribution >= 0.6 is 11.3 Å². The smallest absolute Gasteiger partial charge is 0.338 e. The van der Waals surface area contributed by atoms with Crippen LogP contribution in [0.3, 0.4) is 0 Å². The third-order valence-electron chi connectivity index (χ3n) is 4.45. The molecule has 1 aromatic carbocycles. The first-order valence-electron chi connectivity index (χ1n) is 8.49. The highest BCUT2D eigenvalue weighted by molar-refractivity contribution is 7.22. The fourth-order valence-electron chi connectivity index (χ4n) is 3.45. The molecule has 2 N–H and O–H groups in total. The van der Waals surface area contributed by atoms with Gasteiger partial charge in [-0.05, 0) is 43.4 Å². The molecule has 0 bridgehead atoms. The van der Waals surface area contributed by atoms with Crippen LogP contribution in [0.5, 0.6) is 0 Å². The lowest BCUT2D eigenvalue weighted by atomic mass is 9.91. The zero-order chi connectivity index (χ0) is 18.1. The number of hydrogen-bond donors (Lipinski definition) is 1. The van der Waals surface area contributed by atoms with Crippen LogP contribution in [0.2, 0.25) is 0 Å². The highest BCUT2D eigenvalue weighted by Gasteiger charge is 2.30. The van der Waals surface area contributed by atoms with E-state index in [2.05, 4.69) is 18.8 Å². The second-order valence-electron chi connectivity index (χ2n) is 6.97. The van der Waals surface area contributed by atoms with E-state index in [0.717, 1.165) is 29.7 Å². The van der Waals surface area contributed by atoms with E-state index in [0.29, 0.717) is 22.5 Å². The number of piperidine rings is 1. The number of fused-ring (bicyclic) bond motifs is 1. The molecule has 1 aliphatic heterocycles. The minimum absolute atomic E-state index is 0.130. The van der Waals surface area contributed by atoms with Gasteiger partial charge in [0.1, 0.15) is 0 Å². The topological polar surface area (TPSA) is 85.5 Å². The summed E-state index contributed by atoms with van der Waals surface area (Å²) in [5.41, 5.74) is 6.83. The van der Waals surface area contributed by atoms with Crippen LogP contribution in [0, 0.1) is 11.8 Å². The minimum atomic E-state index is -0.799. The van der Waals surface area contributed by atoms with Crippen molar-refractivity contribution in [3.8, 4) is 0 Å². The maximum atomic E-state index is 12.6. The van der Waals surface area contributed by atoms with Gasteiger partial charge in [0.2, 0.25) is 0 Å². The Labute approximate surface area is 151 Å². The zero-order valence-corrected chi connectivity index (χ0v) is 15.5. The fraction of sp³-hybridized carbons (Fsp3) is 0.500. The molecular formula is C18H23N3O3S. The van der Waals surface area contributed by atoms with Crippen LogP contribution in [-0.2, 0) is 9.53 Å². The van der Waals surface area contributed by atoms with E-state index < -0.39 is 12.1 Å². The van der Waals surface area contributed by atoms with E-state index in [1.165, 1.54) is 11.3 Å². The van der Waals surface area contributed by atoms with Gasteiger partial charge in [-0.15, -0.1) is 0 Å². The normalized spacial score (nSPS) is 22.0. The first kappa shape index (κ1) is 17.7. The molecule has 0 saturated carbocycles. The molecule has 0 spiro atoms. The van der Waals surface area contributed by atoms with E-state index in [1.807, 2.05) is 4.90 Å². The van der Waals surface area contributed by atoms with E-state index in [4.69, 9.17) is 10.5 Å². The van der Waals surface area contributed by atoms with Gasteiger partial charge in [-0.1, -0.05) is 25.2 Å². The number of hydrogen-bond acceptors (Lipinski definition) is 6. The summed E-state index contributed by atoms with van der Waals surface area (Å²) in [6, 6.07) is 5.08. The first-order chi connectivity index (χ1) is 11.8. The number of aromatic nitrogens is 1. The SMILES string of the molecule is CC1CC(C)CN(C(=O)C(C)OC(=O)c2ccc3nc(N)sc3c2)C1. The van der Waals surface area contributed by atoms with Gasteiger partial charge in [-0.3, -0.25) is 4.79 Å². The number of benzene rings is 1. The number of nitrogens with two attached hydrogens (primary N) is 1. The Morgan fingerprint density at radius 3 is 2.68 bits per heavy atom. The number of carbonyl (C=O) groups is 2. The number of likely N-dealkylation sites (tertiary alicyclic amines) is 1. The molecule has 6 nitrogen and oxygen atoms in total. The molecule has 1 aromatic heterocycles. The van der Waals surface area contributed by atoms with E-state index in [-0.39, 0.29) is 5.91 Å². The summed E-state index contributed by atoms with van der Waals surface area (Å²) in [4.78, 5) is 30.9. The number of thiazole rings is 1. The molecule has 0 radical (unpaired) electrons. The van der Waals surface area contributed by atoms with Gasteiger partial charge in [0, 0.05) is 13.1 Å². The molecule has 1 saturated heterocycles. The second-order valence-corrected chi connectivity index (χ2v) is 8.03. The number of carbonyl (C=O) groups excluding carboxylic acids is 2. The number of esters is 1. The van der Waals surface area contributed by atoms with Crippen LogP contribution in [0.1, 0.15) is 37.6 Å². The molecular weight excluding hydrogens is 338 g/mol. The highest BCUT2D eigenvalue weighted by atomic mass is 32.1. The lowest BCUT2D eigenvalue weighted by molar-refractivity contribution is -0.142. The van der Waals surface area contributed by atoms with Crippen molar-refractivity contribution in [2.45, 2.75) is 33.3 Å². The van der Waals surface area contributed by atoms with Gasteiger partial charge in [0.15, 0.2) is 11.2 Å². The van der Waals surface area contributed by atoms with Crippen molar-refractivity contribution in [1.82, 2.24) is 9.88 Å². The Morgan fingerprint density at radius 1 is 1.32 bits per heavy atom. The minimum Gasteiger partial charge on any atom is -0.449 e. The van der Waals surface area contributed by atoms with Gasteiger partial charge in [0.25, 0.3) is 5.91 Å². The zero-order valence-electron chi connectivity index (χ0n) is 14.7. The number of nitrogen functional groups attached to an aromatic ring is 1. The van der Waals surface area contributed by atoms with Crippen molar-refractivity contribution >= 4 is 38.6 Å². The van der Waals surface area contributed by atoms with E-state index >= 15 is 0 Å². The molecule has 3 unspecified atom stereocenters. The van der Waals surface area contributed by atoms with Crippen molar-refractivity contribution < 1.29 is 14.3 Å². The molecule has 3 atom stereocenters. The molecule has 1 amide bonds. The average Bonchev–Trinajstić information content (AvgIpc) is 2.92. The Morgan fingerprint density at radius 2 is 2.00 bits per heavy atom. The van der Waals surface area contributed by atoms with Crippen LogP contribution < -0.4 is 5.73 Å². The summed E-state index contributed by atoms with van der Waals surface area (Å²) in [7, 11) is 0. The largest absolute Gasteiger partial charge is 0.449 e. The van der Waals surface area contributed by atoms with Crippen LogP contribution in [0.4, 0.5) is 5.13 Å². The maximum Gasteiger partial charge on any atom is 0.338 e. The summed E-state index contributed by atoms with van der Waals surface area (Å²) >= 11 is 1.32. The van der Waals surface area contributed by atoms with Gasteiger partial charge >= 0.3 is 5.97 Å². The van der Waals surface area contributed by atoms with Gasteiger partial charge < -0.3 is 15.4 Å². The van der Waals surface area contributed by atoms with Crippen LogP contribution in [0.25, 0.3) is 10.2 Å². The quantitative estimate of drug-likeness (QED) is 0.850. The molecule has 134 valence electrons. The lowest BCUT2D eigenvalue weighted by Crippen LogP contribution is -2.47. The van der Waals surface area contributed by atoms with Crippen molar-refractivity contribution in [2.75, 3.05) is 18.8 Å². The molecule has 25 heavy (non-hydrogen) atoms. The van der Waals surface area contributed by atoms with E-state index in [1.54, 1.807) is 25.1 Å². The Bertz CT molecular complexity index is 794. The fourth-order valence-corrected chi connectivity index (χ4v) is 4.22. The number of anilines is 1. The first-order valence-corrected chi connectivity index (χ1v) is 9.31. The second kappa shape index (κ2) is 7.00. The van der Waals surface area contributed by atoms with E-state index in [9.17, 15) is 9.59 Å². The molecule has 1 aliphatic rings. The number of ether oxygens (including phenoxy) is 1. The summed E-state index contributed by atoms with van der Waals surface area (Å²) in [5, 5.41) is 0.456. The maximum absolute atomic E-state index is 12.6. The summed E-state index contributed by atoms with van der Waals surface area (Å²) in [6.07, 6.45) is 0.322. The summed E-state index contributed by atoms with van der Waals surface area (Å²) in [6.45, 7) is 7.35. The average molecular weight is 361 g/mol. The lowest BCUT2D eigenvalue weighted by Gasteiger charge is -2.36. The summed E-state index contributed by atoms with van der Waals surface area (Å²) < 4.78 is 6.22. The van der Waals surface area contributed by atoms with Crippen molar-refractivity contribution in [3.63, 3.8) is 0 Å². The van der Waals surface area contributed by atoms with Gasteiger partial charge in [-0.25, -0.2) is 9.78 Å². The van der Waals surface area contributed by atoms with Crippen LogP contribution in [0.15, 0.2) is 18.2 Å². The Kier molecular flexibility index (Phi) is 4.94. The predicted molar refractivity (Wildman–Crippen MR) is 98.4 cm³/mol. The van der Waals surface area contributed by atoms with Gasteiger partial charge in [0.05, 0.1) is 15.8 Å². The molecule has 7 heteroatoms. The van der Waals surface area contributed by atoms with Crippen molar-refractivity contribution in [1.29, 1.82) is 0 Å². The highest BCUT2D eigenvalue weighted by Crippen LogP contribution is 2.25. The molecule has 2 heterocycles. The predicted octanol–water partition coefficient (Wildman–Crippen LogP) is 2.93. The summed E-state index contributed by atoms with van der Waals surface area (Å²) in [5.74, 6) is 0.298. The third-order valence-corrected chi connectivity index (χ3v) is 5.30. The van der Waals surface area contributed by atoms with Gasteiger partial charge in [-0.2, -0.15) is 0 Å². The molecule has 3 rings (SSSR count). The number of nitrogens with zero attached hydrogens (tertiary/aromatic N) is 2. The monoisotopic (exact) mass is 361 g/mol. The van der Waals surface area contributed by atoms with Crippen molar-refractivity contribution in [3.05, 3.63) is 23.8 Å². The number of amides is 1. The number of rotatable bonds is 3. The Balaban J connectivity index is 1.67. The molecule has 1 fully saturated rings. The van der Waals surface area contributed by atoms with Crippen LogP contribution in [-0.4, -0.2) is 41.0 Å². The Hall–Kier alpha value is -2.15. The van der Waals surface area contributed by atoms with Crippen molar-refractivity contribution in [2.24, 2.45) is 11.8 Å². The molecule has 2 aromatic rings. The standard InChI is InChI=1S/C18H23N3O3S/c1-10-6-11(2)9-21(8-10)16(22)12(3)24-17(23)13-4-5-14-15(7-13)25-18(19)20-14/h4-5,7,10-12H,6,8-9H2,1-3H3,(H2,19,20). The molecule has 0 aliphatic carbocycles.